The van der Waals surface area contributed by atoms with Crippen LogP contribution in [0.4, 0.5) is 0 Å². The SMILES string of the molecule is C.CC(C)(C)C#N.CC(C)(C)[Si](C)(C)C.CC(C)(C)c1ccccc1.CC(C)C.CC(C)c1cc(C(C)C)c(C(C)(C)C)c(C(C)C)c1.[2H]C(C)(C)C.[2H]C(C)(C)C(C)(C)C. The normalized spacial score (nSPS) is 12.7. The summed E-state index contributed by atoms with van der Waals surface area (Å²) in [6.45, 7) is 69.6. The van der Waals surface area contributed by atoms with Gasteiger partial charge in [0.25, 0.3) is 0 Å². The Morgan fingerprint density at radius 1 is 0.542 bits per heavy atom. The highest BCUT2D eigenvalue weighted by atomic mass is 28.3. The lowest BCUT2D eigenvalue weighted by Crippen LogP contribution is -2.32. The molecule has 0 aliphatic heterocycles. The molecule has 2 aromatic rings. The number of rotatable bonds is 3. The minimum absolute atomic E-state index is 0. The van der Waals surface area contributed by atoms with E-state index in [0.717, 1.165) is 5.92 Å². The average molecular weight is 843 g/mol. The highest BCUT2D eigenvalue weighted by molar-refractivity contribution is 6.78. The van der Waals surface area contributed by atoms with Gasteiger partial charge in [-0.2, -0.15) is 5.26 Å². The largest absolute Gasteiger partial charge is 0.198 e. The molecule has 2 rings (SSSR count). The third kappa shape index (κ3) is 40.0. The quantitative estimate of drug-likeness (QED) is 0.283. The molecule has 350 valence electrons. The molecule has 0 heterocycles. The summed E-state index contributed by atoms with van der Waals surface area (Å²) in [4.78, 5) is 0. The second-order valence-electron chi connectivity index (χ2n) is 24.7. The van der Waals surface area contributed by atoms with Gasteiger partial charge in [0.1, 0.15) is 0 Å². The highest BCUT2D eigenvalue weighted by Gasteiger charge is 2.29. The first-order valence-corrected chi connectivity index (χ1v) is 26.1. The van der Waals surface area contributed by atoms with Crippen LogP contribution in [0.25, 0.3) is 0 Å². The van der Waals surface area contributed by atoms with Crippen LogP contribution >= 0.6 is 0 Å². The van der Waals surface area contributed by atoms with Crippen LogP contribution in [-0.2, 0) is 10.8 Å². The van der Waals surface area contributed by atoms with Gasteiger partial charge in [0.15, 0.2) is 0 Å². The molecule has 0 saturated heterocycles. The van der Waals surface area contributed by atoms with Crippen molar-refractivity contribution in [1.29, 1.82) is 5.26 Å². The predicted molar refractivity (Wildman–Crippen MR) is 283 cm³/mol. The minimum Gasteiger partial charge on any atom is -0.198 e. The second kappa shape index (κ2) is 30.2. The Kier molecular flexibility index (Phi) is 32.7. The van der Waals surface area contributed by atoms with Crippen LogP contribution in [0.1, 0.15) is 257 Å². The monoisotopic (exact) mass is 842 g/mol. The van der Waals surface area contributed by atoms with Crippen molar-refractivity contribution >= 4 is 8.07 Å². The molecule has 0 aliphatic rings. The van der Waals surface area contributed by atoms with Crippen molar-refractivity contribution in [3.8, 4) is 6.07 Å². The molecule has 0 aliphatic carbocycles. The number of benzene rings is 2. The fraction of sp³-hybridized carbons (Fsp3) is 0.772. The van der Waals surface area contributed by atoms with E-state index in [-0.39, 0.29) is 35.5 Å². The van der Waals surface area contributed by atoms with Crippen LogP contribution in [0.3, 0.4) is 0 Å². The third-order valence-electron chi connectivity index (χ3n) is 9.61. The Labute approximate surface area is 381 Å². The van der Waals surface area contributed by atoms with Crippen LogP contribution in [-0.4, -0.2) is 8.07 Å². The van der Waals surface area contributed by atoms with E-state index in [1.165, 1.54) is 11.1 Å². The molecule has 0 atom stereocenters. The Balaban J connectivity index is -0.000000155. The third-order valence-corrected chi connectivity index (χ3v) is 14.1. The zero-order chi connectivity index (χ0) is 49.9. The molecule has 2 aromatic carbocycles. The van der Waals surface area contributed by atoms with Gasteiger partial charge in [-0.25, -0.2) is 0 Å². The molecular formula is C57H113NSi. The van der Waals surface area contributed by atoms with E-state index in [4.69, 9.17) is 8.00 Å². The Morgan fingerprint density at radius 2 is 0.797 bits per heavy atom. The zero-order valence-electron chi connectivity index (χ0n) is 47.8. The van der Waals surface area contributed by atoms with Crippen LogP contribution < -0.4 is 0 Å². The van der Waals surface area contributed by atoms with Crippen LogP contribution in [0.15, 0.2) is 42.5 Å². The van der Waals surface area contributed by atoms with Crippen molar-refractivity contribution in [2.45, 2.75) is 261 Å². The van der Waals surface area contributed by atoms with Gasteiger partial charge in [0, 0.05) is 16.2 Å². The first-order chi connectivity index (χ1) is 26.0. The van der Waals surface area contributed by atoms with Gasteiger partial charge in [-0.05, 0) is 105 Å². The maximum atomic E-state index is 8.15. The Hall–Kier alpha value is -1.85. The molecule has 0 saturated carbocycles. The molecule has 0 fully saturated rings. The van der Waals surface area contributed by atoms with Gasteiger partial charge >= 0.3 is 0 Å². The minimum atomic E-state index is -0.859. The van der Waals surface area contributed by atoms with E-state index in [9.17, 15) is 0 Å². The van der Waals surface area contributed by atoms with Crippen LogP contribution in [0.2, 0.25) is 24.7 Å². The van der Waals surface area contributed by atoms with E-state index < -0.39 is 8.07 Å². The summed E-state index contributed by atoms with van der Waals surface area (Å²) in [6, 6.07) is 17.5. The molecule has 0 bridgehead atoms. The number of hydrogen-bond donors (Lipinski definition) is 0. The van der Waals surface area contributed by atoms with Gasteiger partial charge < -0.3 is 0 Å². The van der Waals surface area contributed by atoms with E-state index in [1.807, 2.05) is 55.4 Å². The van der Waals surface area contributed by atoms with Crippen molar-refractivity contribution in [2.75, 3.05) is 0 Å². The second-order valence-corrected chi connectivity index (χ2v) is 30.7. The zero-order valence-corrected chi connectivity index (χ0v) is 46.8. The summed E-state index contributed by atoms with van der Waals surface area (Å²) in [5, 5.41) is 8.73. The molecule has 0 amide bonds. The summed E-state index contributed by atoms with van der Waals surface area (Å²) in [6.07, 6.45) is 0. The molecular weight excluding hydrogens is 727 g/mol. The number of hydrogen-bond acceptors (Lipinski definition) is 1. The highest BCUT2D eigenvalue weighted by Crippen LogP contribution is 2.39. The maximum Gasteiger partial charge on any atom is 0.0680 e. The number of nitrogens with zero attached hydrogens (tertiary/aromatic N) is 1. The van der Waals surface area contributed by atoms with Crippen molar-refractivity contribution in [1.82, 2.24) is 0 Å². The summed E-state index contributed by atoms with van der Waals surface area (Å²) in [5.74, 6) is 2.05. The number of nitriles is 1. The van der Waals surface area contributed by atoms with Crippen molar-refractivity contribution in [2.24, 2.45) is 28.5 Å². The first kappa shape index (κ1) is 63.8. The van der Waals surface area contributed by atoms with Gasteiger partial charge in [-0.1, -0.05) is 250 Å². The van der Waals surface area contributed by atoms with E-state index in [2.05, 4.69) is 214 Å². The summed E-state index contributed by atoms with van der Waals surface area (Å²) in [7, 11) is -0.859. The van der Waals surface area contributed by atoms with Crippen molar-refractivity contribution in [3.05, 3.63) is 70.3 Å². The van der Waals surface area contributed by atoms with Gasteiger partial charge in [-0.15, -0.1) is 0 Å². The molecule has 0 radical (unpaired) electrons. The van der Waals surface area contributed by atoms with Crippen LogP contribution in [0.5, 0.6) is 0 Å². The first-order valence-electron chi connectivity index (χ1n) is 23.6. The lowest BCUT2D eigenvalue weighted by atomic mass is 9.74. The van der Waals surface area contributed by atoms with E-state index >= 15 is 0 Å². The molecule has 59 heavy (non-hydrogen) atoms. The standard InChI is InChI=1S/C19H32.C10H14.C7H18Si.C7H16.C5H9N.2C4H10.CH4/c1-12(2)15-10-16(13(3)4)18(19(7,8)9)17(11-15)14(5)6;1-10(2,3)9-7-5-4-6-8-9;1-7(2,3)8(4,5)6;1-6(2)7(3,4)5;1-5(2,3)4-6;2*1-4(2)3;/h10-14H,1-9H3;4-8H,1-3H3;1-6H3;6H,1-5H3;1-3H3;2*4H,1-3H3;1H4/i;;;6D;;4D;;. The molecule has 0 aromatic heterocycles. The van der Waals surface area contributed by atoms with E-state index in [1.54, 1.807) is 16.7 Å². The fourth-order valence-corrected chi connectivity index (χ4v) is 3.76. The Bertz CT molecular complexity index is 1330. The lowest BCUT2D eigenvalue weighted by Gasteiger charge is -2.32. The van der Waals surface area contributed by atoms with Crippen molar-refractivity contribution < 1.29 is 2.74 Å². The van der Waals surface area contributed by atoms with E-state index in [0.29, 0.717) is 28.2 Å². The lowest BCUT2D eigenvalue weighted by molar-refractivity contribution is 0.283. The molecule has 0 N–H and O–H groups in total. The smallest absolute Gasteiger partial charge is 0.0680 e. The van der Waals surface area contributed by atoms with Gasteiger partial charge in [-0.3, -0.25) is 0 Å². The summed E-state index contributed by atoms with van der Waals surface area (Å²) < 4.78 is 14.5. The average Bonchev–Trinajstić information content (AvgIpc) is 2.97. The topological polar surface area (TPSA) is 23.8 Å². The van der Waals surface area contributed by atoms with Crippen molar-refractivity contribution in [3.63, 3.8) is 0 Å². The molecule has 0 spiro atoms. The maximum absolute atomic E-state index is 8.15. The fourth-order valence-electron chi connectivity index (χ4n) is 3.76. The molecule has 0 unspecified atom stereocenters. The van der Waals surface area contributed by atoms with Gasteiger partial charge in [0.2, 0.25) is 0 Å². The van der Waals surface area contributed by atoms with Crippen LogP contribution in [0, 0.1) is 39.9 Å². The predicted octanol–water partition coefficient (Wildman–Crippen LogP) is 20.7. The van der Waals surface area contributed by atoms with Gasteiger partial charge in [0.05, 0.1) is 6.07 Å². The Morgan fingerprint density at radius 3 is 0.915 bits per heavy atom. The molecule has 1 nitrogen and oxygen atoms in total. The molecule has 2 heteroatoms. The summed E-state index contributed by atoms with van der Waals surface area (Å²) >= 11 is 0. The summed E-state index contributed by atoms with van der Waals surface area (Å²) in [5.41, 5.74) is 8.00.